The van der Waals surface area contributed by atoms with Crippen molar-refractivity contribution >= 4 is 15.9 Å². The van der Waals surface area contributed by atoms with Crippen LogP contribution in [0.25, 0.3) is 0 Å². The van der Waals surface area contributed by atoms with Crippen LogP contribution in [0.5, 0.6) is 0 Å². The van der Waals surface area contributed by atoms with E-state index >= 15 is 0 Å². The highest BCUT2D eigenvalue weighted by molar-refractivity contribution is 7.89. The minimum Gasteiger partial charge on any atom is -0.355 e. The standard InChI is InChI=1S/C12H25N3O3S/c1-3-14-12(16)10(2)15-19(17,18)9-6-11-4-7-13-8-5-11/h10-11,13,15H,3-9H2,1-2H3,(H,14,16). The fraction of sp³-hybridized carbons (Fsp3) is 0.917. The highest BCUT2D eigenvalue weighted by Gasteiger charge is 2.21. The molecule has 0 saturated carbocycles. The number of amides is 1. The van der Waals surface area contributed by atoms with Crippen LogP contribution in [0.3, 0.4) is 0 Å². The lowest BCUT2D eigenvalue weighted by atomic mass is 9.96. The largest absolute Gasteiger partial charge is 0.355 e. The fourth-order valence-electron chi connectivity index (χ4n) is 2.20. The maximum Gasteiger partial charge on any atom is 0.237 e. The van der Waals surface area contributed by atoms with Crippen molar-refractivity contribution < 1.29 is 13.2 Å². The summed E-state index contributed by atoms with van der Waals surface area (Å²) in [7, 11) is -3.37. The molecule has 0 spiro atoms. The number of carbonyl (C=O) groups excluding carboxylic acids is 1. The molecule has 1 atom stereocenters. The summed E-state index contributed by atoms with van der Waals surface area (Å²) in [6, 6.07) is -0.710. The zero-order valence-corrected chi connectivity index (χ0v) is 12.6. The van der Waals surface area contributed by atoms with Gasteiger partial charge in [-0.1, -0.05) is 0 Å². The van der Waals surface area contributed by atoms with Crippen LogP contribution in [0.2, 0.25) is 0 Å². The lowest BCUT2D eigenvalue weighted by Crippen LogP contribution is -2.45. The Morgan fingerprint density at radius 1 is 1.37 bits per heavy atom. The van der Waals surface area contributed by atoms with Crippen molar-refractivity contribution in [1.29, 1.82) is 0 Å². The van der Waals surface area contributed by atoms with E-state index in [1.807, 2.05) is 0 Å². The number of likely N-dealkylation sites (N-methyl/N-ethyl adjacent to an activating group) is 1. The van der Waals surface area contributed by atoms with Gasteiger partial charge in [0.2, 0.25) is 15.9 Å². The number of sulfonamides is 1. The molecule has 0 aliphatic carbocycles. The molecule has 1 amide bonds. The highest BCUT2D eigenvalue weighted by Crippen LogP contribution is 2.16. The minimum absolute atomic E-state index is 0.0986. The minimum atomic E-state index is -3.37. The van der Waals surface area contributed by atoms with E-state index in [1.165, 1.54) is 0 Å². The number of piperidine rings is 1. The van der Waals surface area contributed by atoms with Gasteiger partial charge in [0.1, 0.15) is 0 Å². The summed E-state index contributed by atoms with van der Waals surface area (Å²) < 4.78 is 26.2. The first-order valence-corrected chi connectivity index (χ1v) is 8.58. The normalized spacial score (nSPS) is 19.1. The molecule has 1 aliphatic heterocycles. The Hall–Kier alpha value is -0.660. The molecule has 3 N–H and O–H groups in total. The monoisotopic (exact) mass is 291 g/mol. The Labute approximate surface area is 115 Å². The Balaban J connectivity index is 2.36. The number of rotatable bonds is 7. The van der Waals surface area contributed by atoms with Crippen LogP contribution in [0.15, 0.2) is 0 Å². The highest BCUT2D eigenvalue weighted by atomic mass is 32.2. The molecular weight excluding hydrogens is 266 g/mol. The number of hydrogen-bond donors (Lipinski definition) is 3. The number of hydrogen-bond acceptors (Lipinski definition) is 4. The van der Waals surface area contributed by atoms with Gasteiger partial charge < -0.3 is 10.6 Å². The average Bonchev–Trinajstić information content (AvgIpc) is 2.37. The summed E-state index contributed by atoms with van der Waals surface area (Å²) in [5, 5.41) is 5.85. The molecule has 7 heteroatoms. The second-order valence-corrected chi connectivity index (χ2v) is 6.91. The molecule has 0 bridgehead atoms. The lowest BCUT2D eigenvalue weighted by molar-refractivity contribution is -0.122. The molecule has 1 fully saturated rings. The molecular formula is C12H25N3O3S. The molecule has 0 radical (unpaired) electrons. The molecule has 1 rings (SSSR count). The van der Waals surface area contributed by atoms with Crippen molar-refractivity contribution in [3.63, 3.8) is 0 Å². The predicted molar refractivity (Wildman–Crippen MR) is 75.3 cm³/mol. The molecule has 6 nitrogen and oxygen atoms in total. The zero-order chi connectivity index (χ0) is 14.3. The van der Waals surface area contributed by atoms with Gasteiger partial charge in [0.25, 0.3) is 0 Å². The van der Waals surface area contributed by atoms with E-state index < -0.39 is 16.1 Å². The first kappa shape index (κ1) is 16.4. The third-order valence-electron chi connectivity index (χ3n) is 3.35. The van der Waals surface area contributed by atoms with Crippen LogP contribution < -0.4 is 15.4 Å². The second kappa shape index (κ2) is 7.81. The molecule has 1 heterocycles. The van der Waals surface area contributed by atoms with E-state index in [9.17, 15) is 13.2 Å². The first-order chi connectivity index (χ1) is 8.94. The summed E-state index contributed by atoms with van der Waals surface area (Å²) in [6.45, 7) is 5.80. The van der Waals surface area contributed by atoms with Gasteiger partial charge in [0, 0.05) is 6.54 Å². The summed E-state index contributed by atoms with van der Waals surface area (Å²) in [4.78, 5) is 11.5. The lowest BCUT2D eigenvalue weighted by Gasteiger charge is -2.22. The molecule has 0 aromatic rings. The Morgan fingerprint density at radius 3 is 2.58 bits per heavy atom. The van der Waals surface area contributed by atoms with E-state index in [0.717, 1.165) is 25.9 Å². The van der Waals surface area contributed by atoms with E-state index in [0.29, 0.717) is 18.9 Å². The predicted octanol–water partition coefficient (Wildman–Crippen LogP) is -0.180. The molecule has 19 heavy (non-hydrogen) atoms. The van der Waals surface area contributed by atoms with Crippen molar-refractivity contribution in [2.45, 2.75) is 39.2 Å². The summed E-state index contributed by atoms with van der Waals surface area (Å²) in [5.41, 5.74) is 0. The third kappa shape index (κ3) is 6.35. The Morgan fingerprint density at radius 2 is 2.00 bits per heavy atom. The van der Waals surface area contributed by atoms with Gasteiger partial charge in [0.05, 0.1) is 11.8 Å². The van der Waals surface area contributed by atoms with Crippen LogP contribution in [0, 0.1) is 5.92 Å². The van der Waals surface area contributed by atoms with Crippen LogP contribution >= 0.6 is 0 Å². The summed E-state index contributed by atoms with van der Waals surface area (Å²) in [6.07, 6.45) is 2.72. The molecule has 0 aromatic heterocycles. The average molecular weight is 291 g/mol. The zero-order valence-electron chi connectivity index (χ0n) is 11.7. The third-order valence-corrected chi connectivity index (χ3v) is 4.84. The van der Waals surface area contributed by atoms with Gasteiger partial charge in [-0.25, -0.2) is 13.1 Å². The topological polar surface area (TPSA) is 87.3 Å². The van der Waals surface area contributed by atoms with Crippen LogP contribution in [-0.2, 0) is 14.8 Å². The van der Waals surface area contributed by atoms with Crippen LogP contribution in [0.4, 0.5) is 0 Å². The van der Waals surface area contributed by atoms with Gasteiger partial charge in [-0.2, -0.15) is 0 Å². The van der Waals surface area contributed by atoms with Gasteiger partial charge in [0.15, 0.2) is 0 Å². The maximum atomic E-state index is 11.9. The first-order valence-electron chi connectivity index (χ1n) is 6.93. The van der Waals surface area contributed by atoms with Gasteiger partial charge in [-0.3, -0.25) is 4.79 Å². The summed E-state index contributed by atoms with van der Waals surface area (Å²) in [5.74, 6) is 0.284. The van der Waals surface area contributed by atoms with Crippen LogP contribution in [0.1, 0.15) is 33.1 Å². The van der Waals surface area contributed by atoms with Gasteiger partial charge in [-0.15, -0.1) is 0 Å². The van der Waals surface area contributed by atoms with Crippen molar-refractivity contribution in [2.24, 2.45) is 5.92 Å². The smallest absolute Gasteiger partial charge is 0.237 e. The van der Waals surface area contributed by atoms with Crippen molar-refractivity contribution in [3.8, 4) is 0 Å². The van der Waals surface area contributed by atoms with E-state index in [1.54, 1.807) is 13.8 Å². The van der Waals surface area contributed by atoms with Crippen LogP contribution in [-0.4, -0.2) is 45.8 Å². The molecule has 1 saturated heterocycles. The van der Waals surface area contributed by atoms with Gasteiger partial charge >= 0.3 is 0 Å². The fourth-order valence-corrected chi connectivity index (χ4v) is 3.61. The maximum absolute atomic E-state index is 11.9. The molecule has 112 valence electrons. The Kier molecular flexibility index (Phi) is 6.74. The molecule has 1 aliphatic rings. The van der Waals surface area contributed by atoms with E-state index in [2.05, 4.69) is 15.4 Å². The van der Waals surface area contributed by atoms with Gasteiger partial charge in [-0.05, 0) is 52.1 Å². The Bertz CT molecular complexity index is 378. The number of nitrogens with one attached hydrogen (secondary N) is 3. The quantitative estimate of drug-likeness (QED) is 0.607. The SMILES string of the molecule is CCNC(=O)C(C)NS(=O)(=O)CCC1CCNCC1. The summed E-state index contributed by atoms with van der Waals surface area (Å²) >= 11 is 0. The van der Waals surface area contributed by atoms with Crippen molar-refractivity contribution in [3.05, 3.63) is 0 Å². The van der Waals surface area contributed by atoms with Crippen molar-refractivity contribution in [1.82, 2.24) is 15.4 Å². The number of carbonyl (C=O) groups is 1. The van der Waals surface area contributed by atoms with E-state index in [4.69, 9.17) is 0 Å². The molecule has 0 aromatic carbocycles. The second-order valence-electron chi connectivity index (χ2n) is 5.04. The molecule has 1 unspecified atom stereocenters. The van der Waals surface area contributed by atoms with Crippen molar-refractivity contribution in [2.75, 3.05) is 25.4 Å². The van der Waals surface area contributed by atoms with E-state index in [-0.39, 0.29) is 11.7 Å².